The molecule has 5 nitrogen and oxygen atoms in total. The summed E-state index contributed by atoms with van der Waals surface area (Å²) in [4.78, 5) is 4.95. The van der Waals surface area contributed by atoms with E-state index in [1.165, 1.54) is 11.1 Å². The third kappa shape index (κ3) is 3.83. The Morgan fingerprint density at radius 2 is 1.70 bits per heavy atom. The second kappa shape index (κ2) is 8.17. The van der Waals surface area contributed by atoms with Crippen molar-refractivity contribution >= 4 is 10.8 Å². The van der Waals surface area contributed by atoms with Crippen LogP contribution in [0.25, 0.3) is 10.8 Å². The van der Waals surface area contributed by atoms with Gasteiger partial charge in [-0.15, -0.1) is 0 Å². The molecule has 0 spiro atoms. The number of fused-ring (bicyclic) bond motifs is 2. The van der Waals surface area contributed by atoms with Gasteiger partial charge in [0.15, 0.2) is 0 Å². The van der Waals surface area contributed by atoms with Crippen molar-refractivity contribution in [2.24, 2.45) is 0 Å². The first kappa shape index (κ1) is 19.2. The van der Waals surface area contributed by atoms with Crippen molar-refractivity contribution in [3.8, 4) is 17.2 Å². The van der Waals surface area contributed by atoms with Crippen LogP contribution in [0.4, 0.5) is 0 Å². The van der Waals surface area contributed by atoms with Crippen molar-refractivity contribution in [3.63, 3.8) is 0 Å². The largest absolute Gasteiger partial charge is 0.508 e. The molecule has 0 amide bonds. The number of piperazine rings is 1. The monoisotopic (exact) mass is 404 g/mol. The molecule has 0 bridgehead atoms. The van der Waals surface area contributed by atoms with Gasteiger partial charge in [-0.3, -0.25) is 9.80 Å². The van der Waals surface area contributed by atoms with E-state index in [0.29, 0.717) is 5.75 Å². The molecule has 2 aliphatic rings. The predicted octanol–water partition coefficient (Wildman–Crippen LogP) is 3.81. The van der Waals surface area contributed by atoms with Gasteiger partial charge in [0.1, 0.15) is 17.2 Å². The Labute approximate surface area is 177 Å². The van der Waals surface area contributed by atoms with Crippen molar-refractivity contribution in [1.82, 2.24) is 9.80 Å². The highest BCUT2D eigenvalue weighted by Crippen LogP contribution is 2.31. The van der Waals surface area contributed by atoms with Crippen LogP contribution in [-0.2, 0) is 19.5 Å². The van der Waals surface area contributed by atoms with Crippen molar-refractivity contribution < 1.29 is 14.6 Å². The Hall–Kier alpha value is -2.76. The van der Waals surface area contributed by atoms with Crippen LogP contribution >= 0.6 is 0 Å². The van der Waals surface area contributed by atoms with Crippen LogP contribution in [0.1, 0.15) is 16.7 Å². The molecular formula is C25H28N2O3. The molecule has 0 atom stereocenters. The zero-order chi connectivity index (χ0) is 20.5. The quantitative estimate of drug-likeness (QED) is 0.701. The number of aromatic hydroxyl groups is 1. The Morgan fingerprint density at radius 3 is 2.50 bits per heavy atom. The lowest BCUT2D eigenvalue weighted by molar-refractivity contribution is 0.121. The van der Waals surface area contributed by atoms with Gasteiger partial charge in [0.05, 0.1) is 13.7 Å². The molecule has 156 valence electrons. The molecule has 0 aliphatic carbocycles. The maximum absolute atomic E-state index is 10.5. The van der Waals surface area contributed by atoms with E-state index in [-0.39, 0.29) is 0 Å². The molecule has 5 rings (SSSR count). The van der Waals surface area contributed by atoms with E-state index in [0.717, 1.165) is 80.1 Å². The molecule has 0 aromatic heterocycles. The number of phenols is 1. The number of hydrogen-bond acceptors (Lipinski definition) is 5. The topological polar surface area (TPSA) is 45.2 Å². The highest BCUT2D eigenvalue weighted by atomic mass is 16.5. The van der Waals surface area contributed by atoms with Gasteiger partial charge >= 0.3 is 0 Å². The van der Waals surface area contributed by atoms with E-state index >= 15 is 0 Å². The average Bonchev–Trinajstić information content (AvgIpc) is 3.24. The fraction of sp³-hybridized carbons (Fsp3) is 0.360. The third-order valence-electron chi connectivity index (χ3n) is 6.32. The highest BCUT2D eigenvalue weighted by molar-refractivity contribution is 5.88. The van der Waals surface area contributed by atoms with E-state index in [2.05, 4.69) is 34.1 Å². The number of nitrogens with zero attached hydrogens (tertiary/aromatic N) is 2. The fourth-order valence-corrected chi connectivity index (χ4v) is 4.57. The Morgan fingerprint density at radius 1 is 0.933 bits per heavy atom. The fourth-order valence-electron chi connectivity index (χ4n) is 4.57. The van der Waals surface area contributed by atoms with E-state index in [1.54, 1.807) is 13.2 Å². The summed E-state index contributed by atoms with van der Waals surface area (Å²) in [6.45, 7) is 6.59. The Kier molecular flexibility index (Phi) is 5.23. The smallest absolute Gasteiger partial charge is 0.122 e. The second-order valence-electron chi connectivity index (χ2n) is 8.24. The zero-order valence-corrected chi connectivity index (χ0v) is 17.4. The standard InChI is InChI=1S/C25H28N2O3/c1-29-21-5-3-19-4-6-24(28)23(22(19)15-21)17-27-11-9-26(10-12-27)16-18-2-7-25-20(14-18)8-13-30-25/h2-7,14-15,28H,8-13,16-17H2,1H3. The molecule has 1 fully saturated rings. The van der Waals surface area contributed by atoms with Crippen LogP contribution in [0.2, 0.25) is 0 Å². The number of methoxy groups -OCH3 is 1. The maximum Gasteiger partial charge on any atom is 0.122 e. The molecular weight excluding hydrogens is 376 g/mol. The molecule has 0 unspecified atom stereocenters. The SMILES string of the molecule is COc1ccc2ccc(O)c(CN3CCN(Cc4ccc5c(c4)CCO5)CC3)c2c1. The minimum atomic E-state index is 0.360. The first-order valence-electron chi connectivity index (χ1n) is 10.7. The zero-order valence-electron chi connectivity index (χ0n) is 17.4. The van der Waals surface area contributed by atoms with E-state index in [4.69, 9.17) is 9.47 Å². The minimum absolute atomic E-state index is 0.360. The number of rotatable bonds is 5. The van der Waals surface area contributed by atoms with Crippen molar-refractivity contribution in [2.45, 2.75) is 19.5 Å². The van der Waals surface area contributed by atoms with Gasteiger partial charge in [0.25, 0.3) is 0 Å². The van der Waals surface area contributed by atoms with E-state index in [1.807, 2.05) is 18.2 Å². The molecule has 0 saturated carbocycles. The molecule has 3 aromatic carbocycles. The van der Waals surface area contributed by atoms with Crippen molar-refractivity contribution in [1.29, 1.82) is 0 Å². The summed E-state index contributed by atoms with van der Waals surface area (Å²) in [5, 5.41) is 12.7. The summed E-state index contributed by atoms with van der Waals surface area (Å²) >= 11 is 0. The van der Waals surface area contributed by atoms with Gasteiger partial charge in [-0.25, -0.2) is 0 Å². The maximum atomic E-state index is 10.5. The van der Waals surface area contributed by atoms with Gasteiger partial charge in [-0.1, -0.05) is 24.3 Å². The summed E-state index contributed by atoms with van der Waals surface area (Å²) in [5.41, 5.74) is 3.69. The van der Waals surface area contributed by atoms with Crippen molar-refractivity contribution in [3.05, 3.63) is 65.2 Å². The second-order valence-corrected chi connectivity index (χ2v) is 8.24. The Balaban J connectivity index is 1.25. The molecule has 0 radical (unpaired) electrons. The average molecular weight is 405 g/mol. The number of benzene rings is 3. The van der Waals surface area contributed by atoms with Gasteiger partial charge in [-0.05, 0) is 46.2 Å². The lowest BCUT2D eigenvalue weighted by atomic mass is 10.0. The number of phenolic OH excluding ortho intramolecular Hbond substituents is 1. The van der Waals surface area contributed by atoms with Gasteiger partial charge < -0.3 is 14.6 Å². The van der Waals surface area contributed by atoms with Crippen LogP contribution < -0.4 is 9.47 Å². The first-order chi connectivity index (χ1) is 14.7. The van der Waals surface area contributed by atoms with Crippen LogP contribution in [0, 0.1) is 0 Å². The lowest BCUT2D eigenvalue weighted by Gasteiger charge is -2.35. The van der Waals surface area contributed by atoms with Crippen LogP contribution in [0.15, 0.2) is 48.5 Å². The summed E-state index contributed by atoms with van der Waals surface area (Å²) in [6, 6.07) is 16.4. The molecule has 1 N–H and O–H groups in total. The van der Waals surface area contributed by atoms with Crippen LogP contribution in [0.3, 0.4) is 0 Å². The summed E-state index contributed by atoms with van der Waals surface area (Å²) in [6.07, 6.45) is 1.02. The predicted molar refractivity (Wildman–Crippen MR) is 118 cm³/mol. The number of ether oxygens (including phenoxy) is 2. The first-order valence-corrected chi connectivity index (χ1v) is 10.7. The molecule has 2 heterocycles. The minimum Gasteiger partial charge on any atom is -0.508 e. The normalized spacial score (nSPS) is 17.1. The van der Waals surface area contributed by atoms with Crippen LogP contribution in [0.5, 0.6) is 17.2 Å². The molecule has 3 aromatic rings. The number of hydrogen-bond donors (Lipinski definition) is 1. The van der Waals surface area contributed by atoms with Crippen molar-refractivity contribution in [2.75, 3.05) is 39.9 Å². The molecule has 5 heteroatoms. The lowest BCUT2D eigenvalue weighted by Crippen LogP contribution is -2.45. The molecule has 2 aliphatic heterocycles. The molecule has 30 heavy (non-hydrogen) atoms. The third-order valence-corrected chi connectivity index (χ3v) is 6.32. The molecule has 1 saturated heterocycles. The summed E-state index contributed by atoms with van der Waals surface area (Å²) < 4.78 is 11.0. The summed E-state index contributed by atoms with van der Waals surface area (Å²) in [5.74, 6) is 2.23. The Bertz CT molecular complexity index is 1060. The van der Waals surface area contributed by atoms with E-state index < -0.39 is 0 Å². The van der Waals surface area contributed by atoms with Gasteiger partial charge in [0, 0.05) is 51.3 Å². The van der Waals surface area contributed by atoms with Crippen LogP contribution in [-0.4, -0.2) is 54.8 Å². The van der Waals surface area contributed by atoms with Gasteiger partial charge in [0.2, 0.25) is 0 Å². The summed E-state index contributed by atoms with van der Waals surface area (Å²) in [7, 11) is 1.68. The van der Waals surface area contributed by atoms with E-state index in [9.17, 15) is 5.11 Å². The van der Waals surface area contributed by atoms with Gasteiger partial charge in [-0.2, -0.15) is 0 Å². The highest BCUT2D eigenvalue weighted by Gasteiger charge is 2.20.